The molecule has 0 aliphatic carbocycles. The van der Waals surface area contributed by atoms with Crippen LogP contribution in [0.1, 0.15) is 56.6 Å². The van der Waals surface area contributed by atoms with Crippen LogP contribution in [0.4, 0.5) is 5.69 Å². The Balaban J connectivity index is 1.61. The summed E-state index contributed by atoms with van der Waals surface area (Å²) >= 11 is 0. The number of esters is 2. The number of benzene rings is 2. The van der Waals surface area contributed by atoms with E-state index in [9.17, 15) is 19.7 Å². The van der Waals surface area contributed by atoms with E-state index in [4.69, 9.17) is 19.3 Å². The minimum absolute atomic E-state index is 0.135. The second kappa shape index (κ2) is 14.9. The van der Waals surface area contributed by atoms with Crippen LogP contribution < -0.4 is 4.74 Å². The van der Waals surface area contributed by atoms with Gasteiger partial charge in [0, 0.05) is 36.1 Å². The Labute approximate surface area is 233 Å². The zero-order valence-electron chi connectivity index (χ0n) is 23.1. The monoisotopic (exact) mass is 552 g/mol. The molecule has 0 saturated carbocycles. The first-order valence-corrected chi connectivity index (χ1v) is 13.3. The van der Waals surface area contributed by atoms with Gasteiger partial charge in [-0.15, -0.1) is 0 Å². The fourth-order valence-corrected chi connectivity index (χ4v) is 4.76. The maximum absolute atomic E-state index is 13.3. The molecule has 0 amide bonds. The van der Waals surface area contributed by atoms with Crippen LogP contribution in [-0.4, -0.2) is 54.6 Å². The van der Waals surface area contributed by atoms with E-state index in [1.807, 2.05) is 24.3 Å². The van der Waals surface area contributed by atoms with Crippen LogP contribution in [-0.2, 0) is 25.5 Å². The number of ether oxygens (including phenoxy) is 3. The normalized spacial score (nSPS) is 16.8. The zero-order chi connectivity index (χ0) is 29.1. The molecule has 1 heterocycles. The quantitative estimate of drug-likeness (QED) is 0.151. The van der Waals surface area contributed by atoms with Crippen molar-refractivity contribution in [3.05, 3.63) is 81.0 Å². The van der Waals surface area contributed by atoms with E-state index in [2.05, 4.69) is 4.99 Å². The molecule has 0 fully saturated rings. The highest BCUT2D eigenvalue weighted by molar-refractivity contribution is 6.07. The number of aliphatic imine (C=N–C) groups is 1. The largest absolute Gasteiger partial charge is 0.494 e. The Morgan fingerprint density at radius 3 is 2.42 bits per heavy atom. The van der Waals surface area contributed by atoms with Crippen LogP contribution in [0.3, 0.4) is 0 Å². The van der Waals surface area contributed by atoms with Gasteiger partial charge in [0.05, 0.1) is 30.8 Å². The third kappa shape index (κ3) is 7.98. The number of nitro benzene ring substituents is 1. The molecule has 2 aromatic carbocycles. The van der Waals surface area contributed by atoms with Crippen LogP contribution in [0, 0.1) is 16.0 Å². The summed E-state index contributed by atoms with van der Waals surface area (Å²) in [5, 5.41) is 20.3. The topological polar surface area (TPSA) is 138 Å². The maximum Gasteiger partial charge on any atom is 0.336 e. The van der Waals surface area contributed by atoms with E-state index in [0.29, 0.717) is 36.4 Å². The van der Waals surface area contributed by atoms with E-state index in [1.54, 1.807) is 19.9 Å². The Morgan fingerprint density at radius 1 is 1.02 bits per heavy atom. The minimum Gasteiger partial charge on any atom is -0.494 e. The molecule has 1 N–H and O–H groups in total. The van der Waals surface area contributed by atoms with Crippen LogP contribution >= 0.6 is 0 Å². The molecule has 2 aromatic rings. The summed E-state index contributed by atoms with van der Waals surface area (Å²) < 4.78 is 16.3. The number of hydrogen-bond acceptors (Lipinski definition) is 9. The Hall–Kier alpha value is -4.05. The van der Waals surface area contributed by atoms with Crippen molar-refractivity contribution in [3.8, 4) is 5.75 Å². The van der Waals surface area contributed by atoms with Gasteiger partial charge >= 0.3 is 11.9 Å². The number of aryl methyl sites for hydroxylation is 1. The molecule has 0 spiro atoms. The first-order chi connectivity index (χ1) is 19.3. The molecule has 3 rings (SSSR count). The first kappa shape index (κ1) is 30.5. The number of allylic oxidation sites excluding steroid dienone is 1. The number of non-ortho nitro benzene ring substituents is 1. The van der Waals surface area contributed by atoms with Crippen molar-refractivity contribution in [2.24, 2.45) is 10.9 Å². The Kier molecular flexibility index (Phi) is 11.4. The molecule has 10 nitrogen and oxygen atoms in total. The van der Waals surface area contributed by atoms with Gasteiger partial charge in [0.15, 0.2) is 0 Å². The van der Waals surface area contributed by atoms with Crippen molar-refractivity contribution in [2.45, 2.75) is 51.9 Å². The maximum atomic E-state index is 13.3. The molecule has 1 aliphatic heterocycles. The molecule has 0 saturated heterocycles. The lowest BCUT2D eigenvalue weighted by molar-refractivity contribution is -0.384. The van der Waals surface area contributed by atoms with Crippen molar-refractivity contribution < 1.29 is 33.8 Å². The van der Waals surface area contributed by atoms with Gasteiger partial charge in [-0.25, -0.2) is 4.79 Å². The third-order valence-corrected chi connectivity index (χ3v) is 6.78. The van der Waals surface area contributed by atoms with Gasteiger partial charge in [0.2, 0.25) is 0 Å². The summed E-state index contributed by atoms with van der Waals surface area (Å²) in [6, 6.07) is 13.7. The number of nitro groups is 1. The standard InChI is InChI=1S/C30H36N2O8/c1-20-26(29(34)38-3)28(23-10-8-11-24(19-23)32(36)37)27(21(2)31-20)30(35)40-18-7-6-17-39-25-14-12-22(13-15-25)9-4-5-16-33/h8,10-15,19,26,28,33H,4-7,9,16-18H2,1-3H3. The van der Waals surface area contributed by atoms with E-state index < -0.39 is 28.7 Å². The molecule has 2 unspecified atom stereocenters. The SMILES string of the molecule is COC(=O)C1C(C)=NC(C)=C(C(=O)OCCCCOc2ccc(CCCCO)cc2)C1c1cccc([N+](=O)[O-])c1. The molecular weight excluding hydrogens is 516 g/mol. The van der Waals surface area contributed by atoms with Gasteiger partial charge in [0.1, 0.15) is 11.7 Å². The van der Waals surface area contributed by atoms with Crippen LogP contribution in [0.15, 0.2) is 64.8 Å². The predicted octanol–water partition coefficient (Wildman–Crippen LogP) is 4.93. The third-order valence-electron chi connectivity index (χ3n) is 6.78. The lowest BCUT2D eigenvalue weighted by atomic mass is 9.75. The number of nitrogens with zero attached hydrogens (tertiary/aromatic N) is 2. The zero-order valence-corrected chi connectivity index (χ0v) is 23.1. The lowest BCUT2D eigenvalue weighted by Crippen LogP contribution is -2.36. The van der Waals surface area contributed by atoms with Gasteiger partial charge in [-0.2, -0.15) is 0 Å². The summed E-state index contributed by atoms with van der Waals surface area (Å²) in [5.41, 5.74) is 2.49. The summed E-state index contributed by atoms with van der Waals surface area (Å²) in [4.78, 5) is 41.3. The van der Waals surface area contributed by atoms with Crippen LogP contribution in [0.25, 0.3) is 0 Å². The number of carbonyl (C=O) groups excluding carboxylic acids is 2. The molecule has 214 valence electrons. The minimum atomic E-state index is -0.923. The van der Waals surface area contributed by atoms with Gasteiger partial charge in [-0.1, -0.05) is 24.3 Å². The van der Waals surface area contributed by atoms with Crippen LogP contribution in [0.5, 0.6) is 5.75 Å². The van der Waals surface area contributed by atoms with Crippen molar-refractivity contribution in [1.82, 2.24) is 0 Å². The van der Waals surface area contributed by atoms with E-state index in [-0.39, 0.29) is 24.5 Å². The molecule has 1 aliphatic rings. The molecule has 10 heteroatoms. The van der Waals surface area contributed by atoms with Crippen molar-refractivity contribution in [3.63, 3.8) is 0 Å². The highest BCUT2D eigenvalue weighted by Gasteiger charge is 2.42. The first-order valence-electron chi connectivity index (χ1n) is 13.3. The smallest absolute Gasteiger partial charge is 0.336 e. The van der Waals surface area contributed by atoms with E-state index in [1.165, 1.54) is 30.9 Å². The summed E-state index contributed by atoms with van der Waals surface area (Å²) in [6.07, 6.45) is 3.85. The molecular formula is C30H36N2O8. The number of aliphatic hydroxyl groups excluding tert-OH is 1. The summed E-state index contributed by atoms with van der Waals surface area (Å²) in [7, 11) is 1.25. The van der Waals surface area contributed by atoms with Crippen molar-refractivity contribution in [1.29, 1.82) is 0 Å². The molecule has 40 heavy (non-hydrogen) atoms. The molecule has 2 atom stereocenters. The fraction of sp³-hybridized carbons (Fsp3) is 0.433. The van der Waals surface area contributed by atoms with E-state index in [0.717, 1.165) is 25.0 Å². The lowest BCUT2D eigenvalue weighted by Gasteiger charge is -2.31. The number of carbonyl (C=O) groups is 2. The van der Waals surface area contributed by atoms with Gasteiger partial charge < -0.3 is 19.3 Å². The Bertz CT molecular complexity index is 1250. The van der Waals surface area contributed by atoms with E-state index >= 15 is 0 Å². The van der Waals surface area contributed by atoms with Gasteiger partial charge in [0.25, 0.3) is 5.69 Å². The van der Waals surface area contributed by atoms with Crippen molar-refractivity contribution in [2.75, 3.05) is 26.9 Å². The number of hydrogen-bond donors (Lipinski definition) is 1. The van der Waals surface area contributed by atoms with Crippen molar-refractivity contribution >= 4 is 23.3 Å². The van der Waals surface area contributed by atoms with Gasteiger partial charge in [-0.05, 0) is 69.2 Å². The number of methoxy groups -OCH3 is 1. The number of rotatable bonds is 14. The molecule has 0 radical (unpaired) electrons. The number of unbranched alkanes of at least 4 members (excludes halogenated alkanes) is 2. The predicted molar refractivity (Wildman–Crippen MR) is 149 cm³/mol. The summed E-state index contributed by atoms with van der Waals surface area (Å²) in [6.45, 7) is 4.11. The fourth-order valence-electron chi connectivity index (χ4n) is 4.76. The Morgan fingerprint density at radius 2 is 1.75 bits per heavy atom. The molecule has 0 bridgehead atoms. The summed E-state index contributed by atoms with van der Waals surface area (Å²) in [5.74, 6) is -2.23. The average molecular weight is 553 g/mol. The second-order valence-electron chi connectivity index (χ2n) is 9.60. The highest BCUT2D eigenvalue weighted by Crippen LogP contribution is 2.41. The molecule has 0 aromatic heterocycles. The van der Waals surface area contributed by atoms with Gasteiger partial charge in [-0.3, -0.25) is 19.9 Å². The highest BCUT2D eigenvalue weighted by atomic mass is 16.6. The number of aliphatic hydroxyl groups is 1. The van der Waals surface area contributed by atoms with Crippen LogP contribution in [0.2, 0.25) is 0 Å². The second-order valence-corrected chi connectivity index (χ2v) is 9.60. The average Bonchev–Trinajstić information content (AvgIpc) is 2.95.